The molecule has 1 saturated carbocycles. The normalized spacial score (nSPS) is 15.6. The van der Waals surface area contributed by atoms with Crippen LogP contribution in [0.2, 0.25) is 0 Å². The highest BCUT2D eigenvalue weighted by Crippen LogP contribution is 2.23. The van der Waals surface area contributed by atoms with Crippen LogP contribution >= 0.6 is 0 Å². The van der Waals surface area contributed by atoms with E-state index in [4.69, 9.17) is 4.74 Å². The highest BCUT2D eigenvalue weighted by Gasteiger charge is 2.25. The second kappa shape index (κ2) is 9.03. The van der Waals surface area contributed by atoms with E-state index >= 15 is 0 Å². The fraction of sp³-hybridized carbons (Fsp3) is 0.455. The van der Waals surface area contributed by atoms with Crippen LogP contribution in [0.1, 0.15) is 60.6 Å². The van der Waals surface area contributed by atoms with Gasteiger partial charge in [-0.15, -0.1) is 0 Å². The first kappa shape index (κ1) is 20.8. The smallest absolute Gasteiger partial charge is 0.341 e. The molecule has 7 nitrogen and oxygen atoms in total. The molecule has 0 bridgehead atoms. The number of rotatable bonds is 4. The lowest BCUT2D eigenvalue weighted by molar-refractivity contribution is -0.127. The van der Waals surface area contributed by atoms with E-state index in [1.807, 2.05) is 31.2 Å². The Labute approximate surface area is 170 Å². The van der Waals surface area contributed by atoms with Gasteiger partial charge in [-0.2, -0.15) is 0 Å². The molecule has 1 aliphatic carbocycles. The second-order valence-corrected chi connectivity index (χ2v) is 7.56. The van der Waals surface area contributed by atoms with Gasteiger partial charge in [0, 0.05) is 11.4 Å². The number of aromatic nitrogens is 1. The van der Waals surface area contributed by atoms with Gasteiger partial charge in [0.2, 0.25) is 0 Å². The third-order valence-electron chi connectivity index (χ3n) is 5.37. The van der Waals surface area contributed by atoms with Gasteiger partial charge >= 0.3 is 12.0 Å². The van der Waals surface area contributed by atoms with Crippen molar-refractivity contribution in [3.05, 3.63) is 41.1 Å². The maximum atomic E-state index is 12.7. The summed E-state index contributed by atoms with van der Waals surface area (Å²) >= 11 is 0. The zero-order chi connectivity index (χ0) is 21.0. The third kappa shape index (κ3) is 4.91. The number of amides is 3. The summed E-state index contributed by atoms with van der Waals surface area (Å²) in [6.45, 7) is 5.01. The Hall–Kier alpha value is -2.96. The summed E-state index contributed by atoms with van der Waals surface area (Å²) < 4.78 is 5.33. The van der Waals surface area contributed by atoms with Gasteiger partial charge in [0.15, 0.2) is 6.10 Å². The number of aryl methyl sites for hydroxylation is 2. The quantitative estimate of drug-likeness (QED) is 0.769. The number of urea groups is 1. The summed E-state index contributed by atoms with van der Waals surface area (Å²) in [7, 11) is 0. The molecule has 1 aromatic carbocycles. The predicted octanol–water partition coefficient (Wildman–Crippen LogP) is 3.56. The zero-order valence-electron chi connectivity index (χ0n) is 17.1. The Morgan fingerprint density at radius 1 is 1.10 bits per heavy atom. The van der Waals surface area contributed by atoms with Gasteiger partial charge in [0.05, 0.1) is 16.8 Å². The predicted molar refractivity (Wildman–Crippen MR) is 110 cm³/mol. The van der Waals surface area contributed by atoms with Crippen LogP contribution in [0.15, 0.2) is 24.3 Å². The van der Waals surface area contributed by atoms with E-state index in [1.165, 1.54) is 13.3 Å². The van der Waals surface area contributed by atoms with Crippen molar-refractivity contribution in [3.8, 4) is 0 Å². The van der Waals surface area contributed by atoms with Crippen molar-refractivity contribution in [2.45, 2.75) is 65.0 Å². The Kier molecular flexibility index (Phi) is 6.46. The van der Waals surface area contributed by atoms with Crippen molar-refractivity contribution < 1.29 is 19.1 Å². The molecule has 0 aliphatic heterocycles. The maximum Gasteiger partial charge on any atom is 0.341 e. The van der Waals surface area contributed by atoms with Crippen molar-refractivity contribution in [1.29, 1.82) is 0 Å². The molecule has 0 radical (unpaired) electrons. The summed E-state index contributed by atoms with van der Waals surface area (Å²) in [5.74, 6) is -1.29. The maximum absolute atomic E-state index is 12.7. The van der Waals surface area contributed by atoms with Gasteiger partial charge in [-0.25, -0.2) is 9.59 Å². The lowest BCUT2D eigenvalue weighted by atomic mass is 9.96. The van der Waals surface area contributed by atoms with Crippen LogP contribution in [0.3, 0.4) is 0 Å². The van der Waals surface area contributed by atoms with Crippen molar-refractivity contribution in [3.63, 3.8) is 0 Å². The van der Waals surface area contributed by atoms with Crippen LogP contribution in [0.4, 0.5) is 4.79 Å². The molecule has 29 heavy (non-hydrogen) atoms. The summed E-state index contributed by atoms with van der Waals surface area (Å²) in [4.78, 5) is 41.5. The number of hydrogen-bond acceptors (Lipinski definition) is 5. The van der Waals surface area contributed by atoms with Crippen LogP contribution in [0, 0.1) is 13.8 Å². The van der Waals surface area contributed by atoms with E-state index in [1.54, 1.807) is 6.92 Å². The fourth-order valence-electron chi connectivity index (χ4n) is 3.79. The minimum Gasteiger partial charge on any atom is -0.449 e. The number of benzene rings is 1. The Balaban J connectivity index is 1.63. The first-order chi connectivity index (χ1) is 13.9. The molecule has 154 valence electrons. The lowest BCUT2D eigenvalue weighted by Crippen LogP contribution is -2.48. The number of nitrogens with one attached hydrogen (secondary N) is 2. The SMILES string of the molecule is Cc1nc2ccccc2c(C)c1C(=O)O[C@@H](C)C(=O)NC(=O)NC1CCCCC1. The van der Waals surface area contributed by atoms with Gasteiger partial charge in [-0.1, -0.05) is 37.5 Å². The molecule has 1 aliphatic rings. The van der Waals surface area contributed by atoms with Crippen molar-refractivity contribution in [1.82, 2.24) is 15.6 Å². The molecule has 1 heterocycles. The number of para-hydroxylation sites is 1. The highest BCUT2D eigenvalue weighted by molar-refractivity contribution is 6.01. The number of nitrogens with zero attached hydrogens (tertiary/aromatic N) is 1. The number of fused-ring (bicyclic) bond motifs is 1. The fourth-order valence-corrected chi connectivity index (χ4v) is 3.79. The molecular weight excluding hydrogens is 370 g/mol. The van der Waals surface area contributed by atoms with E-state index in [2.05, 4.69) is 15.6 Å². The Morgan fingerprint density at radius 2 is 1.79 bits per heavy atom. The molecule has 0 spiro atoms. The van der Waals surface area contributed by atoms with Gasteiger partial charge in [-0.05, 0) is 45.2 Å². The van der Waals surface area contributed by atoms with Gasteiger partial charge in [0.1, 0.15) is 0 Å². The van der Waals surface area contributed by atoms with Gasteiger partial charge in [-0.3, -0.25) is 15.1 Å². The van der Waals surface area contributed by atoms with E-state index in [9.17, 15) is 14.4 Å². The average molecular weight is 397 g/mol. The van der Waals surface area contributed by atoms with E-state index in [0.29, 0.717) is 11.3 Å². The number of carbonyl (C=O) groups excluding carboxylic acids is 3. The molecule has 2 aromatic rings. The van der Waals surface area contributed by atoms with Gasteiger partial charge in [0.25, 0.3) is 5.91 Å². The number of hydrogen-bond donors (Lipinski definition) is 2. The number of pyridine rings is 1. The summed E-state index contributed by atoms with van der Waals surface area (Å²) in [5, 5.41) is 5.92. The molecule has 0 saturated heterocycles. The topological polar surface area (TPSA) is 97.4 Å². The zero-order valence-corrected chi connectivity index (χ0v) is 17.1. The van der Waals surface area contributed by atoms with Crippen LogP contribution in [0.5, 0.6) is 0 Å². The number of esters is 1. The molecule has 3 amide bonds. The number of imide groups is 1. The van der Waals surface area contributed by atoms with Crippen LogP contribution < -0.4 is 10.6 Å². The average Bonchev–Trinajstić information content (AvgIpc) is 2.68. The van der Waals surface area contributed by atoms with Crippen LogP contribution in [-0.2, 0) is 9.53 Å². The number of carbonyl (C=O) groups is 3. The molecular formula is C22H27N3O4. The first-order valence-corrected chi connectivity index (χ1v) is 10.0. The lowest BCUT2D eigenvalue weighted by Gasteiger charge is -2.23. The largest absolute Gasteiger partial charge is 0.449 e. The van der Waals surface area contributed by atoms with Gasteiger partial charge < -0.3 is 10.1 Å². The molecule has 7 heteroatoms. The summed E-state index contributed by atoms with van der Waals surface area (Å²) in [6, 6.07) is 7.07. The molecule has 1 aromatic heterocycles. The van der Waals surface area contributed by atoms with Crippen molar-refractivity contribution >= 4 is 28.8 Å². The highest BCUT2D eigenvalue weighted by atomic mass is 16.5. The molecule has 3 rings (SSSR count). The molecule has 0 unspecified atom stereocenters. The Bertz CT molecular complexity index is 935. The van der Waals surface area contributed by atoms with Crippen molar-refractivity contribution in [2.75, 3.05) is 0 Å². The molecule has 2 N–H and O–H groups in total. The molecule has 1 atom stereocenters. The first-order valence-electron chi connectivity index (χ1n) is 10.0. The Morgan fingerprint density at radius 3 is 2.52 bits per heavy atom. The van der Waals surface area contributed by atoms with E-state index in [-0.39, 0.29) is 6.04 Å². The molecule has 1 fully saturated rings. The monoisotopic (exact) mass is 397 g/mol. The summed E-state index contributed by atoms with van der Waals surface area (Å²) in [6.07, 6.45) is 4.05. The number of ether oxygens (including phenoxy) is 1. The summed E-state index contributed by atoms with van der Waals surface area (Å²) in [5.41, 5.74) is 2.42. The van der Waals surface area contributed by atoms with Crippen LogP contribution in [-0.4, -0.2) is 35.0 Å². The standard InChI is InChI=1S/C22H27N3O4/c1-13-17-11-7-8-12-18(17)23-14(2)19(13)21(27)29-15(3)20(26)25-22(28)24-16-9-5-4-6-10-16/h7-8,11-12,15-16H,4-6,9-10H2,1-3H3,(H2,24,25,26,28)/t15-/m0/s1. The van der Waals surface area contributed by atoms with Crippen LogP contribution in [0.25, 0.3) is 10.9 Å². The minimum absolute atomic E-state index is 0.0865. The van der Waals surface area contributed by atoms with E-state index < -0.39 is 24.0 Å². The van der Waals surface area contributed by atoms with Crippen molar-refractivity contribution in [2.24, 2.45) is 0 Å². The minimum atomic E-state index is -1.11. The second-order valence-electron chi connectivity index (χ2n) is 7.56. The van der Waals surface area contributed by atoms with E-state index in [0.717, 1.165) is 42.1 Å². The third-order valence-corrected chi connectivity index (χ3v) is 5.37.